The summed E-state index contributed by atoms with van der Waals surface area (Å²) in [5.74, 6) is 1.03. The van der Waals surface area contributed by atoms with E-state index in [1.807, 2.05) is 17.5 Å². The first-order valence-electron chi connectivity index (χ1n) is 8.42. The summed E-state index contributed by atoms with van der Waals surface area (Å²) in [6, 6.07) is 3.86. The number of nitrogens with zero attached hydrogens (tertiary/aromatic N) is 4. The van der Waals surface area contributed by atoms with Crippen molar-refractivity contribution in [3.8, 4) is 10.7 Å². The Morgan fingerprint density at radius 2 is 2.33 bits per heavy atom. The van der Waals surface area contributed by atoms with Crippen LogP contribution < -0.4 is 5.32 Å². The second-order valence-electron chi connectivity index (χ2n) is 6.14. The minimum Gasteiger partial charge on any atom is -0.376 e. The van der Waals surface area contributed by atoms with E-state index in [1.54, 1.807) is 11.3 Å². The van der Waals surface area contributed by atoms with Crippen LogP contribution in [0.3, 0.4) is 0 Å². The van der Waals surface area contributed by atoms with Gasteiger partial charge in [-0.3, -0.25) is 4.79 Å². The van der Waals surface area contributed by atoms with Gasteiger partial charge in [-0.05, 0) is 35.4 Å². The monoisotopic (exact) mass is 349 g/mol. The predicted octanol–water partition coefficient (Wildman–Crippen LogP) is 2.11. The topological polar surface area (TPSA) is 81.9 Å². The van der Waals surface area contributed by atoms with Crippen molar-refractivity contribution in [3.05, 3.63) is 17.5 Å². The van der Waals surface area contributed by atoms with Crippen LogP contribution in [0.5, 0.6) is 0 Å². The predicted molar refractivity (Wildman–Crippen MR) is 91.5 cm³/mol. The molecular formula is C16H23N5O2S. The maximum Gasteiger partial charge on any atom is 0.243 e. The fourth-order valence-electron chi connectivity index (χ4n) is 2.93. The van der Waals surface area contributed by atoms with Gasteiger partial charge in [0.2, 0.25) is 11.7 Å². The number of thiophene rings is 1. The Kier molecular flexibility index (Phi) is 5.92. The third kappa shape index (κ3) is 4.61. The van der Waals surface area contributed by atoms with Gasteiger partial charge in [-0.2, -0.15) is 4.80 Å². The van der Waals surface area contributed by atoms with Crippen LogP contribution in [0.4, 0.5) is 0 Å². The van der Waals surface area contributed by atoms with Gasteiger partial charge in [0.05, 0.1) is 17.6 Å². The first-order chi connectivity index (χ1) is 11.7. The highest BCUT2D eigenvalue weighted by Gasteiger charge is 2.21. The smallest absolute Gasteiger partial charge is 0.243 e. The number of rotatable bonds is 7. The van der Waals surface area contributed by atoms with Crippen molar-refractivity contribution in [1.29, 1.82) is 0 Å². The molecule has 8 heteroatoms. The van der Waals surface area contributed by atoms with Crippen molar-refractivity contribution in [3.63, 3.8) is 0 Å². The molecule has 2 aromatic rings. The summed E-state index contributed by atoms with van der Waals surface area (Å²) in [5, 5.41) is 16.9. The van der Waals surface area contributed by atoms with E-state index < -0.39 is 0 Å². The van der Waals surface area contributed by atoms with E-state index in [1.165, 1.54) is 24.1 Å². The van der Waals surface area contributed by atoms with Crippen molar-refractivity contribution < 1.29 is 9.53 Å². The van der Waals surface area contributed by atoms with E-state index in [4.69, 9.17) is 4.74 Å². The number of nitrogens with one attached hydrogen (secondary N) is 1. The van der Waals surface area contributed by atoms with Crippen LogP contribution in [0.15, 0.2) is 17.5 Å². The molecule has 7 nitrogen and oxygen atoms in total. The summed E-state index contributed by atoms with van der Waals surface area (Å²) < 4.78 is 5.89. The number of tetrazole rings is 1. The van der Waals surface area contributed by atoms with E-state index in [9.17, 15) is 4.79 Å². The van der Waals surface area contributed by atoms with E-state index in [0.717, 1.165) is 11.3 Å². The quantitative estimate of drug-likeness (QED) is 0.774. The molecule has 3 rings (SSSR count). The molecule has 0 radical (unpaired) electrons. The molecule has 0 saturated heterocycles. The van der Waals surface area contributed by atoms with Crippen molar-refractivity contribution in [2.24, 2.45) is 5.92 Å². The highest BCUT2D eigenvalue weighted by atomic mass is 32.1. The average molecular weight is 349 g/mol. The van der Waals surface area contributed by atoms with Gasteiger partial charge in [-0.1, -0.05) is 25.8 Å². The lowest BCUT2D eigenvalue weighted by Crippen LogP contribution is -2.33. The fraction of sp³-hybridized carbons (Fsp3) is 0.625. The summed E-state index contributed by atoms with van der Waals surface area (Å²) in [5.41, 5.74) is 0. The standard InChI is InChI=1S/C16H23N5O2S/c1-12-5-2-3-6-13(12)23-9-8-17-15(22)11-21-19-16(18-20-21)14-7-4-10-24-14/h4,7,10,12-13H,2-3,5-6,8-9,11H2,1H3,(H,17,22). The lowest BCUT2D eigenvalue weighted by molar-refractivity contribution is -0.122. The van der Waals surface area contributed by atoms with E-state index in [-0.39, 0.29) is 12.5 Å². The minimum atomic E-state index is -0.134. The van der Waals surface area contributed by atoms with Crippen molar-refractivity contribution in [2.45, 2.75) is 45.3 Å². The summed E-state index contributed by atoms with van der Waals surface area (Å²) >= 11 is 1.54. The molecule has 1 fully saturated rings. The maximum atomic E-state index is 11.9. The Labute approximate surface area is 145 Å². The molecule has 2 heterocycles. The molecule has 1 aliphatic rings. The molecule has 0 spiro atoms. The number of hydrogen-bond donors (Lipinski definition) is 1. The minimum absolute atomic E-state index is 0.0677. The Hall–Kier alpha value is -1.80. The molecule has 24 heavy (non-hydrogen) atoms. The highest BCUT2D eigenvalue weighted by Crippen LogP contribution is 2.26. The van der Waals surface area contributed by atoms with Crippen LogP contribution in [0.2, 0.25) is 0 Å². The molecule has 2 unspecified atom stereocenters. The number of ether oxygens (including phenoxy) is 1. The summed E-state index contributed by atoms with van der Waals surface area (Å²) in [6.07, 6.45) is 5.24. The number of aromatic nitrogens is 4. The molecule has 1 saturated carbocycles. The Bertz CT molecular complexity index is 643. The second-order valence-corrected chi connectivity index (χ2v) is 7.09. The normalized spacial score (nSPS) is 20.9. The van der Waals surface area contributed by atoms with Crippen LogP contribution in [0, 0.1) is 5.92 Å². The molecule has 1 amide bonds. The lowest BCUT2D eigenvalue weighted by atomic mass is 9.88. The molecule has 1 aliphatic carbocycles. The van der Waals surface area contributed by atoms with E-state index in [2.05, 4.69) is 27.7 Å². The van der Waals surface area contributed by atoms with Crippen LogP contribution in [0.25, 0.3) is 10.7 Å². The largest absolute Gasteiger partial charge is 0.376 e. The van der Waals surface area contributed by atoms with Gasteiger partial charge in [0.25, 0.3) is 0 Å². The van der Waals surface area contributed by atoms with Gasteiger partial charge < -0.3 is 10.1 Å². The maximum absolute atomic E-state index is 11.9. The molecule has 0 aliphatic heterocycles. The highest BCUT2D eigenvalue weighted by molar-refractivity contribution is 7.13. The van der Waals surface area contributed by atoms with Gasteiger partial charge in [-0.15, -0.1) is 21.5 Å². The zero-order valence-electron chi connectivity index (χ0n) is 13.9. The van der Waals surface area contributed by atoms with Crippen LogP contribution >= 0.6 is 11.3 Å². The Morgan fingerprint density at radius 1 is 1.46 bits per heavy atom. The zero-order chi connectivity index (χ0) is 16.8. The molecular weight excluding hydrogens is 326 g/mol. The SMILES string of the molecule is CC1CCCCC1OCCNC(=O)Cn1nnc(-c2cccs2)n1. The molecule has 0 bridgehead atoms. The van der Waals surface area contributed by atoms with Crippen LogP contribution in [-0.4, -0.2) is 45.4 Å². The summed E-state index contributed by atoms with van der Waals surface area (Å²) in [6.45, 7) is 3.36. The van der Waals surface area contributed by atoms with Gasteiger partial charge in [0.15, 0.2) is 0 Å². The van der Waals surface area contributed by atoms with Gasteiger partial charge in [0.1, 0.15) is 6.54 Å². The van der Waals surface area contributed by atoms with Gasteiger partial charge in [0, 0.05) is 6.54 Å². The van der Waals surface area contributed by atoms with Crippen molar-refractivity contribution in [2.75, 3.05) is 13.2 Å². The van der Waals surface area contributed by atoms with E-state index in [0.29, 0.717) is 31.0 Å². The van der Waals surface area contributed by atoms with Gasteiger partial charge >= 0.3 is 0 Å². The Balaban J connectivity index is 1.37. The molecule has 2 atom stereocenters. The number of amides is 1. The van der Waals surface area contributed by atoms with Crippen molar-refractivity contribution in [1.82, 2.24) is 25.5 Å². The summed E-state index contributed by atoms with van der Waals surface area (Å²) in [7, 11) is 0. The fourth-order valence-corrected chi connectivity index (χ4v) is 3.58. The van der Waals surface area contributed by atoms with Crippen molar-refractivity contribution >= 4 is 17.2 Å². The molecule has 0 aromatic carbocycles. The molecule has 130 valence electrons. The third-order valence-corrected chi connectivity index (χ3v) is 5.13. The van der Waals surface area contributed by atoms with E-state index >= 15 is 0 Å². The first-order valence-corrected chi connectivity index (χ1v) is 9.30. The molecule has 1 N–H and O–H groups in total. The zero-order valence-corrected chi connectivity index (χ0v) is 14.7. The number of carbonyl (C=O) groups excluding carboxylic acids is 1. The first kappa shape index (κ1) is 17.0. The summed E-state index contributed by atoms with van der Waals surface area (Å²) in [4.78, 5) is 14.2. The van der Waals surface area contributed by atoms with Gasteiger partial charge in [-0.25, -0.2) is 0 Å². The van der Waals surface area contributed by atoms with Crippen LogP contribution in [-0.2, 0) is 16.1 Å². The van der Waals surface area contributed by atoms with Crippen LogP contribution in [0.1, 0.15) is 32.6 Å². The number of carbonyl (C=O) groups is 1. The Morgan fingerprint density at radius 3 is 3.12 bits per heavy atom. The second kappa shape index (κ2) is 8.34. The number of hydrogen-bond acceptors (Lipinski definition) is 6. The third-order valence-electron chi connectivity index (χ3n) is 4.27. The molecule has 2 aromatic heterocycles. The average Bonchev–Trinajstić information content (AvgIpc) is 3.24. The lowest BCUT2D eigenvalue weighted by Gasteiger charge is -2.28.